The second-order valence-electron chi connectivity index (χ2n) is 9.08. The number of aliphatic hydroxyl groups excluding tert-OH is 1. The van der Waals surface area contributed by atoms with E-state index in [9.17, 15) is 57.8 Å². The summed E-state index contributed by atoms with van der Waals surface area (Å²) in [4.78, 5) is 3.95. The molecule has 4 rings (SSSR count). The highest BCUT2D eigenvalue weighted by atomic mass is 31.1. The summed E-state index contributed by atoms with van der Waals surface area (Å²) in [5.74, 6) is 0. The van der Waals surface area contributed by atoms with Gasteiger partial charge in [0.1, 0.15) is 6.10 Å². The summed E-state index contributed by atoms with van der Waals surface area (Å²) in [5.41, 5.74) is -7.55. The van der Waals surface area contributed by atoms with Crippen molar-refractivity contribution in [1.82, 2.24) is 4.98 Å². The number of hydrogen-bond acceptors (Lipinski definition) is 2. The van der Waals surface area contributed by atoms with Crippen molar-refractivity contribution in [2.75, 3.05) is 0 Å². The fraction of sp³-hybridized carbons (Fsp3) is 0.179. The minimum absolute atomic E-state index is 0.0510. The summed E-state index contributed by atoms with van der Waals surface area (Å²) in [6, 6.07) is 9.66. The number of benzene rings is 3. The van der Waals surface area contributed by atoms with Gasteiger partial charge in [-0.25, -0.2) is 0 Å². The molecule has 0 fully saturated rings. The van der Waals surface area contributed by atoms with Crippen LogP contribution in [0.25, 0.3) is 0 Å². The third kappa shape index (κ3) is 7.30. The monoisotopic (exact) mass is 641 g/mol. The largest absolute Gasteiger partial charge is 0.416 e. The summed E-state index contributed by atoms with van der Waals surface area (Å²) in [6.07, 6.45) is -21.9. The first-order chi connectivity index (χ1) is 19.8. The van der Waals surface area contributed by atoms with Crippen LogP contribution in [-0.2, 0) is 24.7 Å². The topological polar surface area (TPSA) is 33.1 Å². The molecular formula is C28H16F12NOP. The second-order valence-corrected chi connectivity index (χ2v) is 11.3. The van der Waals surface area contributed by atoms with E-state index in [4.69, 9.17) is 0 Å². The molecule has 1 aromatic heterocycles. The van der Waals surface area contributed by atoms with Crippen molar-refractivity contribution >= 4 is 23.8 Å². The Bertz CT molecular complexity index is 1450. The normalized spacial score (nSPS) is 13.8. The molecule has 1 atom stereocenters. The predicted octanol–water partition coefficient (Wildman–Crippen LogP) is 8.00. The van der Waals surface area contributed by atoms with Gasteiger partial charge in [0, 0.05) is 6.20 Å². The highest BCUT2D eigenvalue weighted by Gasteiger charge is 2.41. The summed E-state index contributed by atoms with van der Waals surface area (Å²) < 4.78 is 165. The average molecular weight is 641 g/mol. The lowest BCUT2D eigenvalue weighted by atomic mass is 10.1. The molecule has 0 amide bonds. The lowest BCUT2D eigenvalue weighted by Gasteiger charge is -2.27. The van der Waals surface area contributed by atoms with E-state index in [1.165, 1.54) is 42.6 Å². The van der Waals surface area contributed by atoms with Gasteiger partial charge in [-0.05, 0) is 77.9 Å². The molecule has 0 spiro atoms. The fourth-order valence-electron chi connectivity index (χ4n) is 4.18. The molecule has 43 heavy (non-hydrogen) atoms. The van der Waals surface area contributed by atoms with Gasteiger partial charge in [0.25, 0.3) is 0 Å². The van der Waals surface area contributed by atoms with Crippen LogP contribution in [0.5, 0.6) is 0 Å². The molecule has 0 saturated carbocycles. The summed E-state index contributed by atoms with van der Waals surface area (Å²) >= 11 is 0. The Morgan fingerprint density at radius 3 is 1.30 bits per heavy atom. The molecular weight excluding hydrogens is 625 g/mol. The summed E-state index contributed by atoms with van der Waals surface area (Å²) in [5, 5.41) is 9.07. The standard InChI is InChI=1S/C28H16F12NOP/c29-25(30,31)15-9-16(26(32,33)34)12-19(11-15)43(20-13-17(27(35,36)37)10-18(14-20)28(38,39)40)23-7-2-1-5-21(23)24(42)22-6-3-4-8-41-22/h1-14,24,42H/t24-/m1/s1. The lowest BCUT2D eigenvalue weighted by molar-refractivity contribution is -0.144. The van der Waals surface area contributed by atoms with Crippen LogP contribution in [0.3, 0.4) is 0 Å². The van der Waals surface area contributed by atoms with E-state index in [2.05, 4.69) is 4.98 Å². The Balaban J connectivity index is 2.13. The molecule has 0 radical (unpaired) electrons. The number of aromatic nitrogens is 1. The van der Waals surface area contributed by atoms with Crippen LogP contribution < -0.4 is 15.9 Å². The Labute approximate surface area is 236 Å². The van der Waals surface area contributed by atoms with Gasteiger partial charge in [-0.15, -0.1) is 0 Å². The van der Waals surface area contributed by atoms with Crippen molar-refractivity contribution < 1.29 is 57.8 Å². The Morgan fingerprint density at radius 2 is 0.930 bits per heavy atom. The van der Waals surface area contributed by atoms with Gasteiger partial charge in [-0.1, -0.05) is 30.3 Å². The molecule has 0 unspecified atom stereocenters. The number of alkyl halides is 12. The molecule has 0 aliphatic carbocycles. The van der Waals surface area contributed by atoms with Gasteiger partial charge in [-0.2, -0.15) is 52.7 Å². The Morgan fingerprint density at radius 1 is 0.535 bits per heavy atom. The third-order valence-corrected chi connectivity index (χ3v) is 8.54. The van der Waals surface area contributed by atoms with Crippen molar-refractivity contribution in [3.63, 3.8) is 0 Å². The minimum Gasteiger partial charge on any atom is -0.382 e. The number of rotatable bonds is 5. The van der Waals surface area contributed by atoms with Gasteiger partial charge in [0.2, 0.25) is 0 Å². The van der Waals surface area contributed by atoms with Crippen molar-refractivity contribution in [2.45, 2.75) is 30.8 Å². The van der Waals surface area contributed by atoms with Gasteiger partial charge in [0.05, 0.1) is 27.9 Å². The molecule has 15 heteroatoms. The van der Waals surface area contributed by atoms with E-state index in [0.29, 0.717) is 0 Å². The SMILES string of the molecule is O[C@@H](c1ccccn1)c1ccccc1P(c1cc(C(F)(F)F)cc(C(F)(F)F)c1)c1cc(C(F)(F)F)cc(C(F)(F)F)c1. The smallest absolute Gasteiger partial charge is 0.382 e. The zero-order valence-electron chi connectivity index (χ0n) is 21.0. The molecule has 0 aliphatic rings. The Kier molecular flexibility index (Phi) is 8.60. The number of halogens is 12. The zero-order chi connectivity index (χ0) is 32.0. The zero-order valence-corrected chi connectivity index (χ0v) is 21.9. The number of hydrogen-bond donors (Lipinski definition) is 1. The quantitative estimate of drug-likeness (QED) is 0.177. The van der Waals surface area contributed by atoms with Crippen LogP contribution in [-0.4, -0.2) is 10.1 Å². The molecule has 2 nitrogen and oxygen atoms in total. The summed E-state index contributed by atoms with van der Waals surface area (Å²) in [7, 11) is -3.03. The molecule has 1 N–H and O–H groups in total. The van der Waals surface area contributed by atoms with E-state index in [0.717, 1.165) is 6.07 Å². The van der Waals surface area contributed by atoms with Crippen LogP contribution in [0.4, 0.5) is 52.7 Å². The van der Waals surface area contributed by atoms with Crippen LogP contribution in [0, 0.1) is 0 Å². The van der Waals surface area contributed by atoms with Crippen LogP contribution in [0.2, 0.25) is 0 Å². The van der Waals surface area contributed by atoms with Crippen molar-refractivity contribution in [2.24, 2.45) is 0 Å². The first-order valence-electron chi connectivity index (χ1n) is 11.8. The maximum atomic E-state index is 13.8. The third-order valence-electron chi connectivity index (χ3n) is 6.10. The number of pyridine rings is 1. The van der Waals surface area contributed by atoms with Gasteiger partial charge in [-0.3, -0.25) is 4.98 Å². The number of aliphatic hydroxyl groups is 1. The number of nitrogens with zero attached hydrogens (tertiary/aromatic N) is 1. The predicted molar refractivity (Wildman–Crippen MR) is 133 cm³/mol. The lowest BCUT2D eigenvalue weighted by Crippen LogP contribution is -2.28. The van der Waals surface area contributed by atoms with Crippen LogP contribution >= 0.6 is 7.92 Å². The highest BCUT2D eigenvalue weighted by Crippen LogP contribution is 2.44. The first-order valence-corrected chi connectivity index (χ1v) is 13.2. The molecule has 3 aromatic carbocycles. The van der Waals surface area contributed by atoms with Gasteiger partial charge >= 0.3 is 24.7 Å². The Hall–Kier alpha value is -3.64. The van der Waals surface area contributed by atoms with E-state index < -0.39 is 71.6 Å². The second kappa shape index (κ2) is 11.5. The van der Waals surface area contributed by atoms with E-state index in [1.54, 1.807) is 0 Å². The fourth-order valence-corrected chi connectivity index (χ4v) is 6.80. The molecule has 228 valence electrons. The van der Waals surface area contributed by atoms with Crippen molar-refractivity contribution in [3.05, 3.63) is 119 Å². The maximum Gasteiger partial charge on any atom is 0.416 e. The molecule has 1 heterocycles. The van der Waals surface area contributed by atoms with Crippen molar-refractivity contribution in [1.29, 1.82) is 0 Å². The molecule has 0 bridgehead atoms. The average Bonchev–Trinajstić information content (AvgIpc) is 2.91. The van der Waals surface area contributed by atoms with Crippen LogP contribution in [0.1, 0.15) is 39.6 Å². The summed E-state index contributed by atoms with van der Waals surface area (Å²) in [6.45, 7) is 0. The highest BCUT2D eigenvalue weighted by molar-refractivity contribution is 7.80. The van der Waals surface area contributed by atoms with Gasteiger partial charge in [0.15, 0.2) is 0 Å². The first kappa shape index (κ1) is 32.3. The van der Waals surface area contributed by atoms with E-state index in [-0.39, 0.29) is 53.0 Å². The van der Waals surface area contributed by atoms with E-state index >= 15 is 0 Å². The van der Waals surface area contributed by atoms with Crippen molar-refractivity contribution in [3.8, 4) is 0 Å². The molecule has 0 aliphatic heterocycles. The minimum atomic E-state index is -5.37. The maximum absolute atomic E-state index is 13.8. The van der Waals surface area contributed by atoms with Crippen LogP contribution in [0.15, 0.2) is 85.1 Å². The van der Waals surface area contributed by atoms with Gasteiger partial charge < -0.3 is 5.11 Å². The van der Waals surface area contributed by atoms with E-state index in [1.807, 2.05) is 0 Å². The molecule has 0 saturated heterocycles. The molecule has 4 aromatic rings.